The molecule has 0 saturated carbocycles. The fraction of sp³-hybridized carbons (Fsp3) is 0.538. The molecule has 0 fully saturated rings. The lowest BCUT2D eigenvalue weighted by Gasteiger charge is -2.06. The molecule has 0 heterocycles. The summed E-state index contributed by atoms with van der Waals surface area (Å²) in [7, 11) is 0. The van der Waals surface area contributed by atoms with Crippen molar-refractivity contribution in [3.05, 3.63) is 35.9 Å². The molecule has 1 unspecified atom stereocenters. The fourth-order valence-corrected chi connectivity index (χ4v) is 1.64. The normalized spacial score (nSPS) is 12.6. The van der Waals surface area contributed by atoms with Crippen molar-refractivity contribution in [2.24, 2.45) is 0 Å². The van der Waals surface area contributed by atoms with Crippen LogP contribution in [-0.4, -0.2) is 18.2 Å². The summed E-state index contributed by atoms with van der Waals surface area (Å²) in [5, 5.41) is 0. The molecule has 1 atom stereocenters. The molecule has 0 aromatic heterocycles. The summed E-state index contributed by atoms with van der Waals surface area (Å²) in [6, 6.07) is 10.1. The minimum absolute atomic E-state index is 0.381. The summed E-state index contributed by atoms with van der Waals surface area (Å²) in [6.45, 7) is 3.91. The minimum atomic E-state index is 0.381. The third kappa shape index (κ3) is 6.99. The summed E-state index contributed by atoms with van der Waals surface area (Å²) >= 11 is 3.50. The van der Waals surface area contributed by atoms with E-state index < -0.39 is 0 Å². The first-order chi connectivity index (χ1) is 7.79. The van der Waals surface area contributed by atoms with Crippen LogP contribution in [0.25, 0.3) is 0 Å². The van der Waals surface area contributed by atoms with Crippen molar-refractivity contribution < 1.29 is 9.47 Å². The maximum absolute atomic E-state index is 5.39. The van der Waals surface area contributed by atoms with Crippen molar-refractivity contribution in [1.29, 1.82) is 0 Å². The standard InChI is InChI=1S/C13H19BrO2/c1-12(14)6-5-9-15-11-16-10-13-7-3-2-4-8-13/h2-4,7-8,12H,5-6,9-11H2,1H3. The second-order valence-electron chi connectivity index (χ2n) is 3.78. The highest BCUT2D eigenvalue weighted by Crippen LogP contribution is 2.06. The first-order valence-electron chi connectivity index (χ1n) is 5.62. The zero-order chi connectivity index (χ0) is 11.6. The first kappa shape index (κ1) is 13.7. The van der Waals surface area contributed by atoms with Crippen molar-refractivity contribution in [3.8, 4) is 0 Å². The Balaban J connectivity index is 1.93. The lowest BCUT2D eigenvalue weighted by molar-refractivity contribution is -0.0622. The Kier molecular flexibility index (Phi) is 7.47. The minimum Gasteiger partial charge on any atom is -0.355 e. The first-order valence-corrected chi connectivity index (χ1v) is 6.54. The molecule has 16 heavy (non-hydrogen) atoms. The summed E-state index contributed by atoms with van der Waals surface area (Å²) < 4.78 is 10.8. The summed E-state index contributed by atoms with van der Waals surface area (Å²) in [5.74, 6) is 0. The average molecular weight is 287 g/mol. The molecule has 0 spiro atoms. The van der Waals surface area contributed by atoms with Crippen LogP contribution in [0, 0.1) is 0 Å². The van der Waals surface area contributed by atoms with Gasteiger partial charge in [-0.2, -0.15) is 0 Å². The van der Waals surface area contributed by atoms with Gasteiger partial charge in [0.05, 0.1) is 6.61 Å². The van der Waals surface area contributed by atoms with E-state index in [1.54, 1.807) is 0 Å². The van der Waals surface area contributed by atoms with E-state index in [4.69, 9.17) is 9.47 Å². The van der Waals surface area contributed by atoms with Gasteiger partial charge in [-0.15, -0.1) is 0 Å². The third-order valence-corrected chi connectivity index (χ3v) is 2.63. The van der Waals surface area contributed by atoms with Crippen LogP contribution >= 0.6 is 15.9 Å². The molecule has 2 nitrogen and oxygen atoms in total. The summed E-state index contributed by atoms with van der Waals surface area (Å²) in [5.41, 5.74) is 1.18. The SMILES string of the molecule is CC(Br)CCCOCOCc1ccccc1. The van der Waals surface area contributed by atoms with E-state index in [1.165, 1.54) is 5.56 Å². The second-order valence-corrected chi connectivity index (χ2v) is 5.35. The van der Waals surface area contributed by atoms with Crippen molar-refractivity contribution in [2.45, 2.75) is 31.2 Å². The number of halogens is 1. The van der Waals surface area contributed by atoms with Crippen LogP contribution < -0.4 is 0 Å². The van der Waals surface area contributed by atoms with Crippen LogP contribution in [0.1, 0.15) is 25.3 Å². The quantitative estimate of drug-likeness (QED) is 0.412. The molecule has 1 rings (SSSR count). The van der Waals surface area contributed by atoms with E-state index in [2.05, 4.69) is 22.9 Å². The van der Waals surface area contributed by atoms with Crippen molar-refractivity contribution in [2.75, 3.05) is 13.4 Å². The number of hydrogen-bond acceptors (Lipinski definition) is 2. The number of rotatable bonds is 8. The third-order valence-electron chi connectivity index (χ3n) is 2.17. The molecule has 0 aliphatic heterocycles. The molecule has 0 radical (unpaired) electrons. The van der Waals surface area contributed by atoms with Crippen molar-refractivity contribution in [3.63, 3.8) is 0 Å². The van der Waals surface area contributed by atoms with Gasteiger partial charge in [0.1, 0.15) is 6.79 Å². The lowest BCUT2D eigenvalue weighted by Crippen LogP contribution is -2.03. The number of ether oxygens (including phenoxy) is 2. The molecule has 0 N–H and O–H groups in total. The molecule has 1 aromatic rings. The van der Waals surface area contributed by atoms with Crippen LogP contribution in [-0.2, 0) is 16.1 Å². The van der Waals surface area contributed by atoms with Gasteiger partial charge in [0, 0.05) is 11.4 Å². The van der Waals surface area contributed by atoms with Gasteiger partial charge < -0.3 is 9.47 Å². The van der Waals surface area contributed by atoms with Crippen LogP contribution in [0.5, 0.6) is 0 Å². The zero-order valence-electron chi connectivity index (χ0n) is 9.69. The highest BCUT2D eigenvalue weighted by atomic mass is 79.9. The predicted molar refractivity (Wildman–Crippen MR) is 69.7 cm³/mol. The molecule has 3 heteroatoms. The maximum Gasteiger partial charge on any atom is 0.147 e. The van der Waals surface area contributed by atoms with Crippen LogP contribution in [0.2, 0.25) is 0 Å². The van der Waals surface area contributed by atoms with E-state index in [9.17, 15) is 0 Å². The van der Waals surface area contributed by atoms with Gasteiger partial charge in [-0.1, -0.05) is 53.2 Å². The van der Waals surface area contributed by atoms with Gasteiger partial charge in [-0.05, 0) is 18.4 Å². The van der Waals surface area contributed by atoms with E-state index in [-0.39, 0.29) is 0 Å². The van der Waals surface area contributed by atoms with E-state index >= 15 is 0 Å². The van der Waals surface area contributed by atoms with Gasteiger partial charge in [0.15, 0.2) is 0 Å². The molecule has 0 bridgehead atoms. The van der Waals surface area contributed by atoms with Crippen LogP contribution in [0.4, 0.5) is 0 Å². The van der Waals surface area contributed by atoms with Gasteiger partial charge in [-0.3, -0.25) is 0 Å². The maximum atomic E-state index is 5.39. The molecule has 0 saturated heterocycles. The molecule has 0 aliphatic rings. The highest BCUT2D eigenvalue weighted by molar-refractivity contribution is 9.09. The van der Waals surface area contributed by atoms with Gasteiger partial charge >= 0.3 is 0 Å². The van der Waals surface area contributed by atoms with Crippen molar-refractivity contribution >= 4 is 15.9 Å². The summed E-state index contributed by atoms with van der Waals surface area (Å²) in [4.78, 5) is 0.571. The fourth-order valence-electron chi connectivity index (χ4n) is 1.32. The predicted octanol–water partition coefficient (Wildman–Crippen LogP) is 3.74. The smallest absolute Gasteiger partial charge is 0.147 e. The van der Waals surface area contributed by atoms with E-state index in [0.29, 0.717) is 18.2 Å². The van der Waals surface area contributed by atoms with E-state index in [1.807, 2.05) is 30.3 Å². The molecule has 0 aliphatic carbocycles. The highest BCUT2D eigenvalue weighted by Gasteiger charge is 1.96. The monoisotopic (exact) mass is 286 g/mol. The zero-order valence-corrected chi connectivity index (χ0v) is 11.3. The Labute approximate surface area is 106 Å². The topological polar surface area (TPSA) is 18.5 Å². The van der Waals surface area contributed by atoms with Gasteiger partial charge in [-0.25, -0.2) is 0 Å². The van der Waals surface area contributed by atoms with Crippen LogP contribution in [0.3, 0.4) is 0 Å². The Bertz CT molecular complexity index is 262. The van der Waals surface area contributed by atoms with Gasteiger partial charge in [0.2, 0.25) is 0 Å². The Morgan fingerprint density at radius 3 is 2.62 bits per heavy atom. The molecule has 0 amide bonds. The largest absolute Gasteiger partial charge is 0.355 e. The molecular formula is C13H19BrO2. The second kappa shape index (κ2) is 8.74. The lowest BCUT2D eigenvalue weighted by atomic mass is 10.2. The Morgan fingerprint density at radius 1 is 1.19 bits per heavy atom. The Hall–Kier alpha value is -0.380. The molecule has 1 aromatic carbocycles. The summed E-state index contributed by atoms with van der Waals surface area (Å²) in [6.07, 6.45) is 2.21. The molecule has 90 valence electrons. The van der Waals surface area contributed by atoms with Gasteiger partial charge in [0.25, 0.3) is 0 Å². The van der Waals surface area contributed by atoms with Crippen LogP contribution in [0.15, 0.2) is 30.3 Å². The average Bonchev–Trinajstić information content (AvgIpc) is 2.29. The number of benzene rings is 1. The van der Waals surface area contributed by atoms with E-state index in [0.717, 1.165) is 19.4 Å². The Morgan fingerprint density at radius 2 is 1.94 bits per heavy atom. The van der Waals surface area contributed by atoms with Crippen molar-refractivity contribution in [1.82, 2.24) is 0 Å². The number of alkyl halides is 1. The number of hydrogen-bond donors (Lipinski definition) is 0. The molecular weight excluding hydrogens is 268 g/mol.